The van der Waals surface area contributed by atoms with Crippen LogP contribution in [-0.2, 0) is 7.05 Å². The summed E-state index contributed by atoms with van der Waals surface area (Å²) in [6.07, 6.45) is 2.07. The van der Waals surface area contributed by atoms with Gasteiger partial charge in [0.2, 0.25) is 0 Å². The van der Waals surface area contributed by atoms with E-state index in [4.69, 9.17) is 5.73 Å². The van der Waals surface area contributed by atoms with Gasteiger partial charge in [0.05, 0.1) is 17.1 Å². The minimum atomic E-state index is 0.0433. The first-order valence-electron chi connectivity index (χ1n) is 5.82. The van der Waals surface area contributed by atoms with E-state index < -0.39 is 0 Å². The van der Waals surface area contributed by atoms with E-state index in [9.17, 15) is 0 Å². The summed E-state index contributed by atoms with van der Waals surface area (Å²) in [5.74, 6) is 0.992. The Morgan fingerprint density at radius 1 is 1.44 bits per heavy atom. The number of nitrogens with two attached hydrogens (primary N) is 1. The van der Waals surface area contributed by atoms with Crippen LogP contribution in [0.25, 0.3) is 11.0 Å². The molecule has 1 aromatic heterocycles. The Morgan fingerprint density at radius 2 is 2.19 bits per heavy atom. The van der Waals surface area contributed by atoms with Crippen molar-refractivity contribution in [2.24, 2.45) is 12.8 Å². The van der Waals surface area contributed by atoms with Crippen molar-refractivity contribution in [2.75, 3.05) is 0 Å². The summed E-state index contributed by atoms with van der Waals surface area (Å²) >= 11 is 0. The van der Waals surface area contributed by atoms with Crippen LogP contribution in [-0.4, -0.2) is 9.55 Å². The molecule has 0 radical (unpaired) electrons. The van der Waals surface area contributed by atoms with Crippen molar-refractivity contribution in [2.45, 2.75) is 32.7 Å². The van der Waals surface area contributed by atoms with Gasteiger partial charge >= 0.3 is 0 Å². The van der Waals surface area contributed by atoms with Gasteiger partial charge < -0.3 is 10.3 Å². The van der Waals surface area contributed by atoms with Crippen LogP contribution in [0.4, 0.5) is 0 Å². The zero-order valence-corrected chi connectivity index (χ0v) is 10.2. The molecule has 3 nitrogen and oxygen atoms in total. The summed E-state index contributed by atoms with van der Waals surface area (Å²) in [6, 6.07) is 6.24. The molecule has 0 saturated heterocycles. The summed E-state index contributed by atoms with van der Waals surface area (Å²) in [6.45, 7) is 4.26. The van der Waals surface area contributed by atoms with Gasteiger partial charge in [-0.05, 0) is 25.0 Å². The summed E-state index contributed by atoms with van der Waals surface area (Å²) in [7, 11) is 2.05. The maximum absolute atomic E-state index is 6.14. The monoisotopic (exact) mass is 217 g/mol. The number of rotatable bonds is 3. The molecule has 0 bridgehead atoms. The minimum absolute atomic E-state index is 0.0433. The van der Waals surface area contributed by atoms with E-state index in [0.29, 0.717) is 0 Å². The fraction of sp³-hybridized carbons (Fsp3) is 0.462. The highest BCUT2D eigenvalue weighted by molar-refractivity contribution is 5.79. The summed E-state index contributed by atoms with van der Waals surface area (Å²) in [5.41, 5.74) is 9.63. The van der Waals surface area contributed by atoms with Gasteiger partial charge in [0.1, 0.15) is 5.82 Å². The molecule has 3 heteroatoms. The van der Waals surface area contributed by atoms with Crippen molar-refractivity contribution in [3.8, 4) is 0 Å². The number of aromatic nitrogens is 2. The number of imidazole rings is 1. The molecule has 0 spiro atoms. The molecule has 0 amide bonds. The minimum Gasteiger partial charge on any atom is -0.330 e. The average Bonchev–Trinajstić information content (AvgIpc) is 2.58. The van der Waals surface area contributed by atoms with Gasteiger partial charge in [-0.25, -0.2) is 4.98 Å². The number of benzene rings is 1. The van der Waals surface area contributed by atoms with E-state index in [-0.39, 0.29) is 6.04 Å². The molecule has 1 aromatic carbocycles. The fourth-order valence-electron chi connectivity index (χ4n) is 2.25. The van der Waals surface area contributed by atoms with E-state index in [2.05, 4.69) is 29.5 Å². The van der Waals surface area contributed by atoms with Gasteiger partial charge in [-0.1, -0.05) is 25.5 Å². The molecule has 0 saturated carbocycles. The van der Waals surface area contributed by atoms with Gasteiger partial charge in [0.25, 0.3) is 0 Å². The fourth-order valence-corrected chi connectivity index (χ4v) is 2.25. The normalized spacial score (nSPS) is 13.2. The van der Waals surface area contributed by atoms with E-state index in [1.54, 1.807) is 0 Å². The van der Waals surface area contributed by atoms with Crippen LogP contribution >= 0.6 is 0 Å². The molecule has 1 atom stereocenters. The second-order valence-corrected chi connectivity index (χ2v) is 4.37. The Balaban J connectivity index is 2.56. The maximum atomic E-state index is 6.14. The third-order valence-corrected chi connectivity index (χ3v) is 3.06. The molecule has 0 aliphatic heterocycles. The van der Waals surface area contributed by atoms with Crippen LogP contribution < -0.4 is 5.73 Å². The van der Waals surface area contributed by atoms with Gasteiger partial charge in [-0.15, -0.1) is 0 Å². The van der Waals surface area contributed by atoms with Crippen LogP contribution in [0, 0.1) is 6.92 Å². The number of aryl methyl sites for hydroxylation is 2. The average molecular weight is 217 g/mol. The zero-order chi connectivity index (χ0) is 11.7. The first-order chi connectivity index (χ1) is 7.65. The lowest BCUT2D eigenvalue weighted by Gasteiger charge is -2.10. The molecule has 2 rings (SSSR count). The van der Waals surface area contributed by atoms with Gasteiger partial charge in [-0.2, -0.15) is 0 Å². The lowest BCUT2D eigenvalue weighted by Crippen LogP contribution is -2.15. The van der Waals surface area contributed by atoms with Crippen LogP contribution in [0.5, 0.6) is 0 Å². The first kappa shape index (κ1) is 11.1. The molecule has 0 fully saturated rings. The molecular weight excluding hydrogens is 198 g/mol. The Bertz CT molecular complexity index is 499. The topological polar surface area (TPSA) is 43.8 Å². The predicted octanol–water partition coefficient (Wildman–Crippen LogP) is 2.68. The number of para-hydroxylation sites is 1. The van der Waals surface area contributed by atoms with Gasteiger partial charge in [0.15, 0.2) is 0 Å². The second kappa shape index (κ2) is 4.26. The van der Waals surface area contributed by atoms with E-state index in [0.717, 1.165) is 24.2 Å². The van der Waals surface area contributed by atoms with E-state index in [1.165, 1.54) is 11.1 Å². The Hall–Kier alpha value is -1.35. The third kappa shape index (κ3) is 1.71. The standard InChI is InChI=1S/C13H19N3/c1-4-6-10(14)13-15-11-8-5-7-9(2)12(11)16(13)3/h5,7-8,10H,4,6,14H2,1-3H3. The SMILES string of the molecule is CCCC(N)c1nc2cccc(C)c2n1C. The third-order valence-electron chi connectivity index (χ3n) is 3.06. The lowest BCUT2D eigenvalue weighted by atomic mass is 10.2. The zero-order valence-electron chi connectivity index (χ0n) is 10.2. The van der Waals surface area contributed by atoms with Crippen LogP contribution in [0.3, 0.4) is 0 Å². The molecule has 86 valence electrons. The van der Waals surface area contributed by atoms with Gasteiger partial charge in [0, 0.05) is 7.05 Å². The molecule has 16 heavy (non-hydrogen) atoms. The van der Waals surface area contributed by atoms with Gasteiger partial charge in [-0.3, -0.25) is 0 Å². The summed E-state index contributed by atoms with van der Waals surface area (Å²) in [4.78, 5) is 4.63. The lowest BCUT2D eigenvalue weighted by molar-refractivity contribution is 0.583. The molecule has 2 N–H and O–H groups in total. The number of fused-ring (bicyclic) bond motifs is 1. The van der Waals surface area contributed by atoms with Crippen molar-refractivity contribution in [1.29, 1.82) is 0 Å². The summed E-state index contributed by atoms with van der Waals surface area (Å²) in [5, 5.41) is 0. The number of hydrogen-bond acceptors (Lipinski definition) is 2. The van der Waals surface area contributed by atoms with Crippen molar-refractivity contribution >= 4 is 11.0 Å². The second-order valence-electron chi connectivity index (χ2n) is 4.37. The Morgan fingerprint density at radius 3 is 2.81 bits per heavy atom. The van der Waals surface area contributed by atoms with E-state index in [1.807, 2.05) is 19.2 Å². The highest BCUT2D eigenvalue weighted by atomic mass is 15.1. The molecule has 0 aliphatic carbocycles. The van der Waals surface area contributed by atoms with Crippen molar-refractivity contribution in [3.63, 3.8) is 0 Å². The van der Waals surface area contributed by atoms with Crippen LogP contribution in [0.2, 0.25) is 0 Å². The molecule has 2 aromatic rings. The van der Waals surface area contributed by atoms with Crippen LogP contribution in [0.1, 0.15) is 37.2 Å². The van der Waals surface area contributed by atoms with E-state index >= 15 is 0 Å². The molecule has 1 unspecified atom stereocenters. The highest BCUT2D eigenvalue weighted by Gasteiger charge is 2.14. The highest BCUT2D eigenvalue weighted by Crippen LogP contribution is 2.23. The largest absolute Gasteiger partial charge is 0.330 e. The quantitative estimate of drug-likeness (QED) is 0.859. The van der Waals surface area contributed by atoms with Crippen LogP contribution in [0.15, 0.2) is 18.2 Å². The smallest absolute Gasteiger partial charge is 0.126 e. The Labute approximate surface area is 96.3 Å². The van der Waals surface area contributed by atoms with Crippen molar-refractivity contribution < 1.29 is 0 Å². The molecule has 1 heterocycles. The number of nitrogens with zero attached hydrogens (tertiary/aromatic N) is 2. The summed E-state index contributed by atoms with van der Waals surface area (Å²) < 4.78 is 2.13. The van der Waals surface area contributed by atoms with Crippen molar-refractivity contribution in [1.82, 2.24) is 9.55 Å². The Kier molecular flexibility index (Phi) is 2.97. The maximum Gasteiger partial charge on any atom is 0.126 e. The van der Waals surface area contributed by atoms with Crippen molar-refractivity contribution in [3.05, 3.63) is 29.6 Å². The molecule has 0 aliphatic rings. The molecular formula is C13H19N3. The number of hydrogen-bond donors (Lipinski definition) is 1. The first-order valence-corrected chi connectivity index (χ1v) is 5.82. The predicted molar refractivity (Wildman–Crippen MR) is 67.3 cm³/mol.